The van der Waals surface area contributed by atoms with Crippen LogP contribution < -0.4 is 0 Å². The highest BCUT2D eigenvalue weighted by Crippen LogP contribution is 2.22. The van der Waals surface area contributed by atoms with Crippen LogP contribution in [0.5, 0.6) is 0 Å². The minimum absolute atomic E-state index is 0.192. The van der Waals surface area contributed by atoms with Crippen LogP contribution in [0.1, 0.15) is 19.3 Å². The number of ketones is 1. The fourth-order valence-electron chi connectivity index (χ4n) is 0.549. The minimum atomic E-state index is -3.69. The van der Waals surface area contributed by atoms with Gasteiger partial charge in [0.1, 0.15) is 0 Å². The van der Waals surface area contributed by atoms with Crippen LogP contribution in [0.25, 0.3) is 0 Å². The van der Waals surface area contributed by atoms with E-state index in [1.54, 1.807) is 6.08 Å². The molecule has 4 heteroatoms. The second-order valence-electron chi connectivity index (χ2n) is 2.10. The van der Waals surface area contributed by atoms with Crippen LogP contribution in [-0.2, 0) is 4.79 Å². The number of unbranched alkanes of at least 4 members (excludes halogenated alkanes) is 1. The normalized spacial score (nSPS) is 11.2. The van der Waals surface area contributed by atoms with Crippen LogP contribution in [0.3, 0.4) is 0 Å². The van der Waals surface area contributed by atoms with Crippen molar-refractivity contribution in [1.82, 2.24) is 0 Å². The number of rotatable bonds is 5. The first kappa shape index (κ1) is 10.6. The summed E-state index contributed by atoms with van der Waals surface area (Å²) in [6.07, 6.45) is 2.31. The molecular formula is C7H9ClF2O. The maximum Gasteiger partial charge on any atom is 0.380 e. The molecule has 0 atom stereocenters. The maximum atomic E-state index is 11.9. The molecule has 1 nitrogen and oxygen atoms in total. The van der Waals surface area contributed by atoms with Gasteiger partial charge in [0, 0.05) is 6.42 Å². The summed E-state index contributed by atoms with van der Waals surface area (Å²) in [5, 5.41) is -3.69. The molecule has 0 fully saturated rings. The van der Waals surface area contributed by atoms with Gasteiger partial charge in [-0.25, -0.2) is 0 Å². The van der Waals surface area contributed by atoms with Crippen LogP contribution in [0.2, 0.25) is 0 Å². The van der Waals surface area contributed by atoms with Crippen LogP contribution >= 0.6 is 11.6 Å². The molecule has 11 heavy (non-hydrogen) atoms. The number of hydrogen-bond acceptors (Lipinski definition) is 1. The summed E-state index contributed by atoms with van der Waals surface area (Å²) in [6.45, 7) is 3.39. The molecule has 0 aliphatic heterocycles. The molecule has 0 unspecified atom stereocenters. The van der Waals surface area contributed by atoms with Crippen LogP contribution in [0.15, 0.2) is 12.7 Å². The van der Waals surface area contributed by atoms with Gasteiger partial charge in [0.05, 0.1) is 0 Å². The molecule has 0 aromatic rings. The Labute approximate surface area is 69.0 Å². The number of alkyl halides is 3. The van der Waals surface area contributed by atoms with Gasteiger partial charge in [0.25, 0.3) is 0 Å². The molecule has 0 heterocycles. The zero-order valence-electron chi connectivity index (χ0n) is 5.95. The lowest BCUT2D eigenvalue weighted by molar-refractivity contribution is -0.133. The van der Waals surface area contributed by atoms with Crippen molar-refractivity contribution in [1.29, 1.82) is 0 Å². The quantitative estimate of drug-likeness (QED) is 0.363. The number of halogens is 3. The lowest BCUT2D eigenvalue weighted by atomic mass is 10.2. The van der Waals surface area contributed by atoms with Gasteiger partial charge in [-0.15, -0.1) is 6.58 Å². The van der Waals surface area contributed by atoms with Gasteiger partial charge in [-0.1, -0.05) is 6.08 Å². The van der Waals surface area contributed by atoms with E-state index in [1.807, 2.05) is 0 Å². The van der Waals surface area contributed by atoms with Crippen molar-refractivity contribution in [2.45, 2.75) is 24.6 Å². The Morgan fingerprint density at radius 2 is 2.18 bits per heavy atom. The topological polar surface area (TPSA) is 17.1 Å². The van der Waals surface area contributed by atoms with E-state index < -0.39 is 11.2 Å². The number of hydrogen-bond donors (Lipinski definition) is 0. The first-order chi connectivity index (χ1) is 4.98. The van der Waals surface area contributed by atoms with Crippen molar-refractivity contribution >= 4 is 17.4 Å². The summed E-state index contributed by atoms with van der Waals surface area (Å²) >= 11 is 4.45. The molecule has 0 N–H and O–H groups in total. The highest BCUT2D eigenvalue weighted by Gasteiger charge is 2.34. The lowest BCUT2D eigenvalue weighted by Crippen LogP contribution is -2.20. The first-order valence-electron chi connectivity index (χ1n) is 3.19. The lowest BCUT2D eigenvalue weighted by Gasteiger charge is -2.04. The molecule has 0 saturated carbocycles. The molecule has 0 aliphatic carbocycles. The standard InChI is InChI=1S/C7H9ClF2O/c1-2-3-4-5-6(11)7(8,9)10/h2H,1,3-5H2. The number of carbonyl (C=O) groups is 1. The summed E-state index contributed by atoms with van der Waals surface area (Å²) in [4.78, 5) is 10.4. The monoisotopic (exact) mass is 182 g/mol. The van der Waals surface area contributed by atoms with E-state index in [9.17, 15) is 13.6 Å². The Morgan fingerprint density at radius 3 is 2.55 bits per heavy atom. The summed E-state index contributed by atoms with van der Waals surface area (Å²) in [7, 11) is 0. The van der Waals surface area contributed by atoms with Gasteiger partial charge in [-0.3, -0.25) is 4.79 Å². The van der Waals surface area contributed by atoms with Gasteiger partial charge in [0.2, 0.25) is 5.78 Å². The van der Waals surface area contributed by atoms with E-state index in [1.165, 1.54) is 0 Å². The second kappa shape index (κ2) is 4.44. The fourth-order valence-corrected chi connectivity index (χ4v) is 0.643. The zero-order chi connectivity index (χ0) is 8.91. The van der Waals surface area contributed by atoms with Crippen molar-refractivity contribution in [2.24, 2.45) is 0 Å². The van der Waals surface area contributed by atoms with Crippen LogP contribution in [-0.4, -0.2) is 11.2 Å². The summed E-state index contributed by atoms with van der Waals surface area (Å²) < 4.78 is 23.9. The number of carbonyl (C=O) groups excluding carboxylic acids is 1. The van der Waals surface area contributed by atoms with Crippen LogP contribution in [0, 0.1) is 0 Å². The number of allylic oxidation sites excluding steroid dienone is 1. The number of Topliss-reactive ketones (excluding diaryl/α,β-unsaturated/α-hetero) is 1. The SMILES string of the molecule is C=CCCCC(=O)C(F)(F)Cl. The highest BCUT2D eigenvalue weighted by molar-refractivity contribution is 6.32. The van der Waals surface area contributed by atoms with Crippen molar-refractivity contribution < 1.29 is 13.6 Å². The molecule has 0 aromatic carbocycles. The highest BCUT2D eigenvalue weighted by atomic mass is 35.5. The molecule has 0 amide bonds. The molecule has 0 aliphatic rings. The molecule has 0 saturated heterocycles. The second-order valence-corrected chi connectivity index (χ2v) is 2.58. The summed E-state index contributed by atoms with van der Waals surface area (Å²) in [5.41, 5.74) is 0. The van der Waals surface area contributed by atoms with Crippen molar-refractivity contribution in [3.8, 4) is 0 Å². The van der Waals surface area contributed by atoms with Gasteiger partial charge < -0.3 is 0 Å². The third-order valence-electron chi connectivity index (χ3n) is 1.13. The van der Waals surface area contributed by atoms with Crippen molar-refractivity contribution in [2.75, 3.05) is 0 Å². The zero-order valence-corrected chi connectivity index (χ0v) is 6.70. The minimum Gasteiger partial charge on any atom is -0.291 e. The Bertz CT molecular complexity index is 151. The molecule has 0 rings (SSSR count). The average molecular weight is 183 g/mol. The molecule has 0 aromatic heterocycles. The van der Waals surface area contributed by atoms with E-state index in [0.717, 1.165) is 0 Å². The maximum absolute atomic E-state index is 11.9. The van der Waals surface area contributed by atoms with Crippen molar-refractivity contribution in [3.05, 3.63) is 12.7 Å². The molecular weight excluding hydrogens is 174 g/mol. The molecule has 0 radical (unpaired) electrons. The van der Waals surface area contributed by atoms with E-state index >= 15 is 0 Å². The molecule has 0 bridgehead atoms. The van der Waals surface area contributed by atoms with Crippen molar-refractivity contribution in [3.63, 3.8) is 0 Å². The largest absolute Gasteiger partial charge is 0.380 e. The smallest absolute Gasteiger partial charge is 0.291 e. The van der Waals surface area contributed by atoms with Gasteiger partial charge in [0.15, 0.2) is 0 Å². The van der Waals surface area contributed by atoms with Gasteiger partial charge >= 0.3 is 5.38 Å². The fraction of sp³-hybridized carbons (Fsp3) is 0.571. The predicted octanol–water partition coefficient (Wildman–Crippen LogP) is 2.74. The molecule has 64 valence electrons. The van der Waals surface area contributed by atoms with E-state index in [0.29, 0.717) is 12.8 Å². The van der Waals surface area contributed by atoms with E-state index in [4.69, 9.17) is 0 Å². The summed E-state index contributed by atoms with van der Waals surface area (Å²) in [6, 6.07) is 0. The third-order valence-corrected chi connectivity index (χ3v) is 1.34. The first-order valence-corrected chi connectivity index (χ1v) is 3.57. The average Bonchev–Trinajstić information content (AvgIpc) is 1.86. The van der Waals surface area contributed by atoms with Crippen LogP contribution in [0.4, 0.5) is 8.78 Å². The predicted molar refractivity (Wildman–Crippen MR) is 39.9 cm³/mol. The van der Waals surface area contributed by atoms with E-state index in [-0.39, 0.29) is 6.42 Å². The Morgan fingerprint density at radius 1 is 1.64 bits per heavy atom. The Balaban J connectivity index is 3.62. The Kier molecular flexibility index (Phi) is 4.26. The third kappa shape index (κ3) is 4.90. The van der Waals surface area contributed by atoms with E-state index in [2.05, 4.69) is 18.2 Å². The molecule has 0 spiro atoms. The van der Waals surface area contributed by atoms with Gasteiger partial charge in [-0.05, 0) is 24.4 Å². The Hall–Kier alpha value is -0.440. The summed E-state index contributed by atoms with van der Waals surface area (Å²) in [5.74, 6) is -1.22. The van der Waals surface area contributed by atoms with Gasteiger partial charge in [-0.2, -0.15) is 8.78 Å².